The van der Waals surface area contributed by atoms with E-state index in [1.807, 2.05) is 20.8 Å². The van der Waals surface area contributed by atoms with Crippen LogP contribution in [-0.2, 0) is 47.3 Å². The first-order valence-electron chi connectivity index (χ1n) is 16.7. The van der Waals surface area contributed by atoms with Gasteiger partial charge < -0.3 is 23.4 Å². The van der Waals surface area contributed by atoms with Gasteiger partial charge in [-0.2, -0.15) is 0 Å². The number of benzene rings is 1. The first-order valence-corrected chi connectivity index (χ1v) is 19.2. The summed E-state index contributed by atoms with van der Waals surface area (Å²) >= 11 is 0. The van der Waals surface area contributed by atoms with Crippen molar-refractivity contribution < 1.29 is 52.1 Å². The Labute approximate surface area is 283 Å². The number of esters is 3. The van der Waals surface area contributed by atoms with Crippen molar-refractivity contribution in [3.05, 3.63) is 47.0 Å². The molecule has 2 aliphatic carbocycles. The molecule has 1 saturated heterocycles. The molecule has 262 valence electrons. The number of hydrogen-bond donors (Lipinski definition) is 0. The van der Waals surface area contributed by atoms with Crippen molar-refractivity contribution in [3.63, 3.8) is 0 Å². The van der Waals surface area contributed by atoms with Gasteiger partial charge in [0.25, 0.3) is 0 Å². The molecule has 3 fully saturated rings. The highest BCUT2D eigenvalue weighted by Gasteiger charge is 2.76. The summed E-state index contributed by atoms with van der Waals surface area (Å²) < 4.78 is 31.2. The normalized spacial score (nSPS) is 32.3. The monoisotopic (exact) mass is 684 g/mol. The molecule has 0 radical (unpaired) electrons. The van der Waals surface area contributed by atoms with Gasteiger partial charge in [-0.1, -0.05) is 39.0 Å². The summed E-state index contributed by atoms with van der Waals surface area (Å²) in [7, 11) is -2.51. The molecule has 1 aromatic carbocycles. The zero-order chi connectivity index (χ0) is 35.8. The van der Waals surface area contributed by atoms with Crippen LogP contribution in [0.4, 0.5) is 0 Å². The fourth-order valence-corrected chi connectivity index (χ4v) is 11.1. The second-order valence-corrected chi connectivity index (χ2v) is 18.7. The molecule has 0 spiro atoms. The molecule has 48 heavy (non-hydrogen) atoms. The van der Waals surface area contributed by atoms with Gasteiger partial charge in [0.05, 0.1) is 35.0 Å². The predicted molar refractivity (Wildman–Crippen MR) is 176 cm³/mol. The van der Waals surface area contributed by atoms with Crippen LogP contribution in [-0.4, -0.2) is 80.7 Å². The summed E-state index contributed by atoms with van der Waals surface area (Å²) in [6.45, 7) is 14.4. The Morgan fingerprint density at radius 3 is 2.00 bits per heavy atom. The van der Waals surface area contributed by atoms with Crippen LogP contribution in [0.15, 0.2) is 41.5 Å². The Morgan fingerprint density at radius 1 is 0.917 bits per heavy atom. The van der Waals surface area contributed by atoms with Crippen LogP contribution in [0.5, 0.6) is 0 Å². The molecule has 1 heterocycles. The fraction of sp³-hybridized carbons (Fsp3) is 0.611. The summed E-state index contributed by atoms with van der Waals surface area (Å²) in [5.41, 5.74) is -4.83. The minimum atomic E-state index is -2.51. The molecule has 0 amide bonds. The van der Waals surface area contributed by atoms with E-state index in [-0.39, 0.29) is 29.7 Å². The van der Waals surface area contributed by atoms with Gasteiger partial charge in [0.1, 0.15) is 12.4 Å². The Morgan fingerprint density at radius 2 is 1.52 bits per heavy atom. The highest BCUT2D eigenvalue weighted by Crippen LogP contribution is 2.60. The summed E-state index contributed by atoms with van der Waals surface area (Å²) in [4.78, 5) is 82.3. The van der Waals surface area contributed by atoms with Gasteiger partial charge in [-0.25, -0.2) is 4.79 Å². The van der Waals surface area contributed by atoms with E-state index in [0.717, 1.165) is 25.1 Å². The van der Waals surface area contributed by atoms with Crippen molar-refractivity contribution in [1.29, 1.82) is 0 Å². The third-order valence-corrected chi connectivity index (χ3v) is 15.6. The lowest BCUT2D eigenvalue weighted by molar-refractivity contribution is -0.326. The van der Waals surface area contributed by atoms with Crippen molar-refractivity contribution in [1.82, 2.24) is 0 Å². The standard InChI is InChI=1S/C36H48O11Si/c1-10-48(11-2,12-3)47-25-18-26-36(20-43-26,46-23(6)39)30-29(45-33(42)24-16-14-13-15-17-24)31(40)34(7,8)27(21(4)19-37)28(44-22(5)38)32(41)35(25,30)9/h13-17,19,25-26,28-30H,10-12,18,20H2,1-9H3/b27-21-/t25-,26+,28+,29-,30-,35+,36-/m0/s1. The Balaban J connectivity index is 2.12. The molecule has 0 bridgehead atoms. The molecule has 0 unspecified atom stereocenters. The van der Waals surface area contributed by atoms with E-state index in [0.29, 0.717) is 6.29 Å². The van der Waals surface area contributed by atoms with Crippen LogP contribution in [0.2, 0.25) is 18.1 Å². The molecular weight excluding hydrogens is 636 g/mol. The maximum absolute atomic E-state index is 15.5. The molecular formula is C36H48O11Si. The Bertz CT molecular complexity index is 1490. The van der Waals surface area contributed by atoms with Crippen LogP contribution < -0.4 is 0 Å². The topological polar surface area (TPSA) is 149 Å². The van der Waals surface area contributed by atoms with E-state index < -0.39 is 84.6 Å². The number of rotatable bonds is 10. The maximum Gasteiger partial charge on any atom is 0.338 e. The maximum atomic E-state index is 15.5. The fourth-order valence-electron chi connectivity index (χ4n) is 8.15. The number of hydrogen-bond acceptors (Lipinski definition) is 11. The average molecular weight is 685 g/mol. The molecule has 11 nitrogen and oxygen atoms in total. The number of carbonyl (C=O) groups is 6. The van der Waals surface area contributed by atoms with Crippen molar-refractivity contribution in [2.24, 2.45) is 16.7 Å². The summed E-state index contributed by atoms with van der Waals surface area (Å²) in [5, 5.41) is 0. The lowest BCUT2D eigenvalue weighted by Crippen LogP contribution is -2.80. The molecule has 12 heteroatoms. The number of Topliss-reactive ketones (excluding diaryl/α,β-unsaturated/α-hetero) is 2. The number of allylic oxidation sites excluding steroid dienone is 1. The number of fused-ring (bicyclic) bond motifs is 3. The van der Waals surface area contributed by atoms with E-state index in [1.165, 1.54) is 39.8 Å². The SMILES string of the molecule is CC[Si](CC)(CC)O[C@H]1C[C@H]2OC[C@@]2(OC(C)=O)[C@H]2[C@H](OC(=O)c3ccccc3)C(=O)C(C)(C)/C(=C(/C)C=O)[C@@H](OC(C)=O)C(=O)[C@]12C. The third kappa shape index (κ3) is 6.11. The Hall–Kier alpha value is -3.48. The van der Waals surface area contributed by atoms with Crippen molar-refractivity contribution >= 4 is 44.1 Å². The number of aldehydes is 1. The molecule has 0 aromatic heterocycles. The lowest BCUT2D eigenvalue weighted by Gasteiger charge is -2.65. The largest absolute Gasteiger partial charge is 0.453 e. The van der Waals surface area contributed by atoms with Gasteiger partial charge in [-0.3, -0.25) is 24.0 Å². The van der Waals surface area contributed by atoms with Crippen LogP contribution in [0, 0.1) is 16.7 Å². The van der Waals surface area contributed by atoms with Crippen LogP contribution in [0.3, 0.4) is 0 Å². The van der Waals surface area contributed by atoms with Crippen LogP contribution in [0.1, 0.15) is 79.1 Å². The number of ether oxygens (including phenoxy) is 4. The van der Waals surface area contributed by atoms with E-state index in [9.17, 15) is 19.2 Å². The van der Waals surface area contributed by atoms with Crippen LogP contribution in [0.25, 0.3) is 0 Å². The molecule has 2 saturated carbocycles. The quantitative estimate of drug-likeness (QED) is 0.108. The molecule has 1 aromatic rings. The molecule has 4 rings (SSSR count). The van der Waals surface area contributed by atoms with E-state index in [2.05, 4.69) is 0 Å². The smallest absolute Gasteiger partial charge is 0.338 e. The van der Waals surface area contributed by atoms with Gasteiger partial charge in [0.2, 0.25) is 0 Å². The first-order chi connectivity index (χ1) is 22.5. The van der Waals surface area contributed by atoms with Gasteiger partial charge in [0.15, 0.2) is 37.7 Å². The van der Waals surface area contributed by atoms with Crippen molar-refractivity contribution in [3.8, 4) is 0 Å². The number of ketones is 2. The zero-order valence-electron chi connectivity index (χ0n) is 29.4. The second kappa shape index (κ2) is 13.8. The van der Waals surface area contributed by atoms with Gasteiger partial charge >= 0.3 is 17.9 Å². The highest BCUT2D eigenvalue weighted by atomic mass is 28.4. The minimum Gasteiger partial charge on any atom is -0.453 e. The zero-order valence-corrected chi connectivity index (χ0v) is 30.4. The van der Waals surface area contributed by atoms with E-state index in [1.54, 1.807) is 25.1 Å². The van der Waals surface area contributed by atoms with Crippen molar-refractivity contribution in [2.75, 3.05) is 6.61 Å². The molecule has 0 N–H and O–H groups in total. The summed E-state index contributed by atoms with van der Waals surface area (Å²) in [6.07, 6.45) is -4.42. The van der Waals surface area contributed by atoms with Gasteiger partial charge in [0, 0.05) is 20.3 Å². The van der Waals surface area contributed by atoms with E-state index >= 15 is 9.59 Å². The summed E-state index contributed by atoms with van der Waals surface area (Å²) in [6, 6.07) is 10.3. The van der Waals surface area contributed by atoms with Gasteiger partial charge in [-0.15, -0.1) is 0 Å². The average Bonchev–Trinajstić information content (AvgIpc) is 3.04. The second-order valence-electron chi connectivity index (χ2n) is 13.9. The molecule has 7 atom stereocenters. The Kier molecular flexibility index (Phi) is 10.7. The molecule has 3 aliphatic rings. The predicted octanol–water partition coefficient (Wildman–Crippen LogP) is 4.95. The highest BCUT2D eigenvalue weighted by molar-refractivity contribution is 6.73. The van der Waals surface area contributed by atoms with Gasteiger partial charge in [-0.05, 0) is 69.1 Å². The third-order valence-electron chi connectivity index (χ3n) is 11.0. The first kappa shape index (κ1) is 37.3. The lowest BCUT2D eigenvalue weighted by atomic mass is 9.49. The summed E-state index contributed by atoms with van der Waals surface area (Å²) in [5.74, 6) is -4.92. The molecule has 1 aliphatic heterocycles. The number of carbonyl (C=O) groups excluding carboxylic acids is 6. The van der Waals surface area contributed by atoms with E-state index in [4.69, 9.17) is 23.4 Å². The van der Waals surface area contributed by atoms with Crippen LogP contribution >= 0.6 is 0 Å². The van der Waals surface area contributed by atoms with Crippen molar-refractivity contribution in [2.45, 2.75) is 117 Å². The minimum absolute atomic E-state index is 0.0135.